The number of nitro benzene ring substituents is 1. The van der Waals surface area contributed by atoms with Crippen LogP contribution in [0.2, 0.25) is 5.02 Å². The summed E-state index contributed by atoms with van der Waals surface area (Å²) in [5.74, 6) is -0.0463. The number of nitro groups is 1. The van der Waals surface area contributed by atoms with Gasteiger partial charge < -0.3 is 15.4 Å². The summed E-state index contributed by atoms with van der Waals surface area (Å²) in [5.41, 5.74) is 1.72. The van der Waals surface area contributed by atoms with E-state index in [0.717, 1.165) is 5.56 Å². The number of nitrogens with zero attached hydrogens (tertiary/aromatic N) is 1. The third kappa shape index (κ3) is 4.60. The first-order chi connectivity index (χ1) is 11.8. The molecule has 8 heteroatoms. The molecule has 0 aliphatic carbocycles. The van der Waals surface area contributed by atoms with E-state index in [1.54, 1.807) is 19.1 Å². The molecule has 0 aliphatic rings. The summed E-state index contributed by atoms with van der Waals surface area (Å²) in [6, 6.07) is 8.83. The van der Waals surface area contributed by atoms with E-state index in [2.05, 4.69) is 10.6 Å². The number of methoxy groups -OCH3 is 1. The zero-order valence-electron chi connectivity index (χ0n) is 14.0. The highest BCUT2D eigenvalue weighted by molar-refractivity contribution is 6.33. The van der Waals surface area contributed by atoms with E-state index in [1.165, 1.54) is 25.3 Å². The Kier molecular flexibility index (Phi) is 5.82. The standard InChI is InChI=1S/C17H18ClN3O4/c1-10-4-6-14(13(18)8-10)19-11(2)17(22)20-15-9-12(21(23)24)5-7-16(15)25-3/h4-9,11,19H,1-3H3,(H,20,22)/t11-/m1/s1. The molecule has 0 spiro atoms. The van der Waals surface area contributed by atoms with Gasteiger partial charge >= 0.3 is 0 Å². The van der Waals surface area contributed by atoms with Gasteiger partial charge in [-0.15, -0.1) is 0 Å². The van der Waals surface area contributed by atoms with Crippen LogP contribution in [0.1, 0.15) is 12.5 Å². The van der Waals surface area contributed by atoms with E-state index < -0.39 is 11.0 Å². The molecular formula is C17H18ClN3O4. The van der Waals surface area contributed by atoms with Crippen LogP contribution in [0.15, 0.2) is 36.4 Å². The van der Waals surface area contributed by atoms with Crippen LogP contribution in [0.4, 0.5) is 17.1 Å². The van der Waals surface area contributed by atoms with E-state index in [4.69, 9.17) is 16.3 Å². The largest absolute Gasteiger partial charge is 0.495 e. The molecule has 0 heterocycles. The first kappa shape index (κ1) is 18.5. The summed E-state index contributed by atoms with van der Waals surface area (Å²) >= 11 is 6.15. The van der Waals surface area contributed by atoms with Crippen molar-refractivity contribution >= 4 is 34.6 Å². The molecule has 0 radical (unpaired) electrons. The smallest absolute Gasteiger partial charge is 0.271 e. The summed E-state index contributed by atoms with van der Waals surface area (Å²) in [5, 5.41) is 17.1. The topological polar surface area (TPSA) is 93.5 Å². The summed E-state index contributed by atoms with van der Waals surface area (Å²) < 4.78 is 5.13. The minimum absolute atomic E-state index is 0.140. The van der Waals surface area contributed by atoms with Crippen LogP contribution in [0.25, 0.3) is 0 Å². The maximum absolute atomic E-state index is 12.4. The van der Waals surface area contributed by atoms with Crippen molar-refractivity contribution in [3.63, 3.8) is 0 Å². The number of rotatable bonds is 6. The highest BCUT2D eigenvalue weighted by Crippen LogP contribution is 2.29. The Morgan fingerprint density at radius 3 is 2.56 bits per heavy atom. The molecule has 0 saturated carbocycles. The van der Waals surface area contributed by atoms with Crippen molar-refractivity contribution in [1.29, 1.82) is 0 Å². The fraction of sp³-hybridized carbons (Fsp3) is 0.235. The number of non-ortho nitro benzene ring substituents is 1. The zero-order chi connectivity index (χ0) is 18.6. The van der Waals surface area contributed by atoms with Crippen LogP contribution >= 0.6 is 11.6 Å². The van der Waals surface area contributed by atoms with Gasteiger partial charge in [0.15, 0.2) is 0 Å². The second kappa shape index (κ2) is 7.85. The Morgan fingerprint density at radius 1 is 1.24 bits per heavy atom. The minimum Gasteiger partial charge on any atom is -0.495 e. The second-order valence-electron chi connectivity index (χ2n) is 5.48. The van der Waals surface area contributed by atoms with E-state index in [0.29, 0.717) is 16.5 Å². The average Bonchev–Trinajstić information content (AvgIpc) is 2.57. The van der Waals surface area contributed by atoms with Crippen LogP contribution in [0.5, 0.6) is 5.75 Å². The molecule has 7 nitrogen and oxygen atoms in total. The van der Waals surface area contributed by atoms with Crippen molar-refractivity contribution in [3.8, 4) is 5.75 Å². The van der Waals surface area contributed by atoms with Crippen LogP contribution in [0, 0.1) is 17.0 Å². The van der Waals surface area contributed by atoms with Gasteiger partial charge in [0.25, 0.3) is 5.69 Å². The number of carbonyl (C=O) groups is 1. The maximum Gasteiger partial charge on any atom is 0.271 e. The van der Waals surface area contributed by atoms with E-state index in [1.807, 2.05) is 13.0 Å². The highest BCUT2D eigenvalue weighted by Gasteiger charge is 2.18. The third-order valence-electron chi connectivity index (χ3n) is 3.54. The summed E-state index contributed by atoms with van der Waals surface area (Å²) in [4.78, 5) is 22.8. The van der Waals surface area contributed by atoms with Crippen LogP contribution in [0.3, 0.4) is 0 Å². The summed E-state index contributed by atoms with van der Waals surface area (Å²) in [7, 11) is 1.42. The zero-order valence-corrected chi connectivity index (χ0v) is 14.8. The molecule has 0 fully saturated rings. The molecule has 0 saturated heterocycles. The minimum atomic E-state index is -0.621. The number of carbonyl (C=O) groups excluding carboxylic acids is 1. The molecule has 2 rings (SSSR count). The molecule has 0 aliphatic heterocycles. The SMILES string of the molecule is COc1ccc([N+](=O)[O-])cc1NC(=O)[C@@H](C)Nc1ccc(C)cc1Cl. The van der Waals surface area contributed by atoms with Crippen molar-refractivity contribution in [2.75, 3.05) is 17.7 Å². The second-order valence-corrected chi connectivity index (χ2v) is 5.89. The van der Waals surface area contributed by atoms with E-state index in [9.17, 15) is 14.9 Å². The number of benzene rings is 2. The van der Waals surface area contributed by atoms with Gasteiger partial charge in [-0.2, -0.15) is 0 Å². The average molecular weight is 364 g/mol. The normalized spacial score (nSPS) is 11.5. The van der Waals surface area contributed by atoms with Gasteiger partial charge in [-0.1, -0.05) is 17.7 Å². The van der Waals surface area contributed by atoms with Gasteiger partial charge in [-0.25, -0.2) is 0 Å². The van der Waals surface area contributed by atoms with Gasteiger partial charge in [0, 0.05) is 12.1 Å². The molecule has 0 bridgehead atoms. The summed E-state index contributed by atoms with van der Waals surface area (Å²) in [6.07, 6.45) is 0. The maximum atomic E-state index is 12.4. The number of amides is 1. The van der Waals surface area contributed by atoms with Crippen molar-refractivity contribution in [2.45, 2.75) is 19.9 Å². The van der Waals surface area contributed by atoms with Gasteiger partial charge in [-0.05, 0) is 37.6 Å². The predicted molar refractivity (Wildman–Crippen MR) is 97.6 cm³/mol. The molecule has 2 aromatic carbocycles. The third-order valence-corrected chi connectivity index (χ3v) is 3.85. The lowest BCUT2D eigenvalue weighted by atomic mass is 10.2. The molecule has 1 atom stereocenters. The van der Waals surface area contributed by atoms with E-state index >= 15 is 0 Å². The van der Waals surface area contributed by atoms with Crippen LogP contribution in [-0.2, 0) is 4.79 Å². The number of nitrogens with one attached hydrogen (secondary N) is 2. The fourth-order valence-electron chi connectivity index (χ4n) is 2.18. The fourth-order valence-corrected chi connectivity index (χ4v) is 2.47. The first-order valence-corrected chi connectivity index (χ1v) is 7.85. The number of ether oxygens (including phenoxy) is 1. The number of hydrogen-bond acceptors (Lipinski definition) is 5. The van der Waals surface area contributed by atoms with Gasteiger partial charge in [0.1, 0.15) is 11.8 Å². The molecular weight excluding hydrogens is 346 g/mol. The lowest BCUT2D eigenvalue weighted by molar-refractivity contribution is -0.384. The number of anilines is 2. The number of hydrogen-bond donors (Lipinski definition) is 2. The highest BCUT2D eigenvalue weighted by atomic mass is 35.5. The van der Waals surface area contributed by atoms with Crippen LogP contribution in [-0.4, -0.2) is 24.0 Å². The lowest BCUT2D eigenvalue weighted by Gasteiger charge is -2.17. The molecule has 25 heavy (non-hydrogen) atoms. The molecule has 0 unspecified atom stereocenters. The Morgan fingerprint density at radius 2 is 1.96 bits per heavy atom. The molecule has 2 aromatic rings. The molecule has 0 aromatic heterocycles. The Hall–Kier alpha value is -2.80. The number of aryl methyl sites for hydroxylation is 1. The predicted octanol–water partition coefficient (Wildman–Crippen LogP) is 4.00. The number of halogens is 1. The first-order valence-electron chi connectivity index (χ1n) is 7.48. The quantitative estimate of drug-likeness (QED) is 0.597. The van der Waals surface area contributed by atoms with E-state index in [-0.39, 0.29) is 17.3 Å². The molecule has 1 amide bonds. The molecule has 2 N–H and O–H groups in total. The van der Waals surface area contributed by atoms with Crippen LogP contribution < -0.4 is 15.4 Å². The summed E-state index contributed by atoms with van der Waals surface area (Å²) in [6.45, 7) is 3.58. The Balaban J connectivity index is 2.15. The van der Waals surface area contributed by atoms with Gasteiger partial charge in [0.2, 0.25) is 5.91 Å². The lowest BCUT2D eigenvalue weighted by Crippen LogP contribution is -2.32. The van der Waals surface area contributed by atoms with Crippen molar-refractivity contribution < 1.29 is 14.5 Å². The molecule has 132 valence electrons. The van der Waals surface area contributed by atoms with Gasteiger partial charge in [0.05, 0.1) is 28.4 Å². The Bertz CT molecular complexity index is 810. The monoisotopic (exact) mass is 363 g/mol. The van der Waals surface area contributed by atoms with Crippen molar-refractivity contribution in [1.82, 2.24) is 0 Å². The van der Waals surface area contributed by atoms with Crippen molar-refractivity contribution in [3.05, 3.63) is 57.1 Å². The Labute approximate surface area is 150 Å². The van der Waals surface area contributed by atoms with Crippen molar-refractivity contribution in [2.24, 2.45) is 0 Å². The van der Waals surface area contributed by atoms with Gasteiger partial charge in [-0.3, -0.25) is 14.9 Å².